The van der Waals surface area contributed by atoms with Crippen LogP contribution in [0.3, 0.4) is 0 Å². The van der Waals surface area contributed by atoms with Gasteiger partial charge in [0.1, 0.15) is 11.6 Å². The first-order chi connectivity index (χ1) is 11.8. The van der Waals surface area contributed by atoms with Crippen LogP contribution in [-0.2, 0) is 6.42 Å². The van der Waals surface area contributed by atoms with Gasteiger partial charge in [-0.1, -0.05) is 0 Å². The number of thioether (sulfide) groups is 1. The highest BCUT2D eigenvalue weighted by atomic mass is 32.2. The van der Waals surface area contributed by atoms with Crippen LogP contribution >= 0.6 is 11.8 Å². The predicted molar refractivity (Wildman–Crippen MR) is 99.5 cm³/mol. The monoisotopic (exact) mass is 346 g/mol. The van der Waals surface area contributed by atoms with Crippen LogP contribution in [0.5, 0.6) is 5.75 Å². The van der Waals surface area contributed by atoms with Gasteiger partial charge in [-0.25, -0.2) is 9.67 Å². The van der Waals surface area contributed by atoms with Crippen LogP contribution in [0.1, 0.15) is 36.8 Å². The number of nitrogens with one attached hydrogen (secondary N) is 1. The van der Waals surface area contributed by atoms with Gasteiger partial charge in [0.2, 0.25) is 0 Å². The van der Waals surface area contributed by atoms with E-state index in [1.165, 1.54) is 12.8 Å². The van der Waals surface area contributed by atoms with Gasteiger partial charge in [-0.15, -0.1) is 0 Å². The lowest BCUT2D eigenvalue weighted by Gasteiger charge is -2.14. The van der Waals surface area contributed by atoms with Crippen molar-refractivity contribution >= 4 is 11.8 Å². The number of benzene rings is 1. The Morgan fingerprint density at radius 1 is 1.25 bits per heavy atom. The summed E-state index contributed by atoms with van der Waals surface area (Å²) < 4.78 is 7.32. The average molecular weight is 347 g/mol. The van der Waals surface area contributed by atoms with Gasteiger partial charge in [-0.2, -0.15) is 16.9 Å². The quantitative estimate of drug-likeness (QED) is 0.871. The fourth-order valence-corrected chi connectivity index (χ4v) is 3.51. The van der Waals surface area contributed by atoms with Crippen molar-refractivity contribution in [3.63, 3.8) is 0 Å². The van der Waals surface area contributed by atoms with E-state index in [-0.39, 0.29) is 0 Å². The van der Waals surface area contributed by atoms with Crippen LogP contribution in [0.15, 0.2) is 24.3 Å². The number of rotatable bonds is 6. The third kappa shape index (κ3) is 4.11. The zero-order chi connectivity index (χ0) is 16.8. The molecule has 1 aromatic carbocycles. The average Bonchev–Trinajstić information content (AvgIpc) is 2.86. The van der Waals surface area contributed by atoms with E-state index in [4.69, 9.17) is 14.8 Å². The van der Waals surface area contributed by atoms with E-state index in [2.05, 4.69) is 23.7 Å². The minimum absolute atomic E-state index is 0.470. The SMILES string of the molecule is COc1ccc(-n2nc(CCSC)nc2C2CCCNCC2)cc1. The predicted octanol–water partition coefficient (Wildman–Crippen LogP) is 3.04. The Labute approximate surface area is 148 Å². The molecular formula is C18H26N4OS. The maximum atomic E-state index is 5.27. The number of ether oxygens (including phenoxy) is 1. The van der Waals surface area contributed by atoms with Gasteiger partial charge in [0.25, 0.3) is 0 Å². The normalized spacial score (nSPS) is 18.3. The van der Waals surface area contributed by atoms with Gasteiger partial charge in [0.15, 0.2) is 5.82 Å². The molecule has 5 nitrogen and oxygen atoms in total. The molecule has 24 heavy (non-hydrogen) atoms. The van der Waals surface area contributed by atoms with Crippen LogP contribution in [0.2, 0.25) is 0 Å². The molecule has 1 unspecified atom stereocenters. The molecule has 1 aliphatic rings. The summed E-state index contributed by atoms with van der Waals surface area (Å²) in [5, 5.41) is 8.30. The van der Waals surface area contributed by atoms with E-state index >= 15 is 0 Å². The molecule has 2 aromatic rings. The molecule has 1 N–H and O–H groups in total. The standard InChI is InChI=1S/C18H26N4OS/c1-23-16-7-5-15(6-8-16)22-18(14-4-3-11-19-12-9-14)20-17(21-22)10-13-24-2/h5-8,14,19H,3-4,9-13H2,1-2H3. The number of hydrogen-bond donors (Lipinski definition) is 1. The maximum absolute atomic E-state index is 5.27. The Bertz CT molecular complexity index is 633. The number of aromatic nitrogens is 3. The summed E-state index contributed by atoms with van der Waals surface area (Å²) in [6.45, 7) is 2.16. The minimum Gasteiger partial charge on any atom is -0.497 e. The van der Waals surface area contributed by atoms with Crippen molar-refractivity contribution in [1.29, 1.82) is 0 Å². The minimum atomic E-state index is 0.470. The Kier molecular flexibility index (Phi) is 6.15. The molecule has 0 saturated carbocycles. The van der Waals surface area contributed by atoms with Crippen molar-refractivity contribution in [1.82, 2.24) is 20.1 Å². The third-order valence-corrected chi connectivity index (χ3v) is 5.08. The lowest BCUT2D eigenvalue weighted by atomic mass is 10.00. The number of nitrogens with zero attached hydrogens (tertiary/aromatic N) is 3. The first-order valence-corrected chi connectivity index (χ1v) is 10.0. The van der Waals surface area contributed by atoms with Gasteiger partial charge >= 0.3 is 0 Å². The Morgan fingerprint density at radius 3 is 2.83 bits per heavy atom. The molecule has 1 aromatic heterocycles. The molecule has 0 radical (unpaired) electrons. The topological polar surface area (TPSA) is 52.0 Å². The summed E-state index contributed by atoms with van der Waals surface area (Å²) in [5.74, 6) is 4.45. The highest BCUT2D eigenvalue weighted by molar-refractivity contribution is 7.98. The van der Waals surface area contributed by atoms with Crippen LogP contribution in [0.25, 0.3) is 5.69 Å². The van der Waals surface area contributed by atoms with Gasteiger partial charge < -0.3 is 10.1 Å². The molecular weight excluding hydrogens is 320 g/mol. The summed E-state index contributed by atoms with van der Waals surface area (Å²) in [5.41, 5.74) is 1.06. The molecule has 1 fully saturated rings. The number of aryl methyl sites for hydroxylation is 1. The fourth-order valence-electron chi connectivity index (χ4n) is 3.12. The second kappa shape index (κ2) is 8.53. The molecule has 6 heteroatoms. The summed E-state index contributed by atoms with van der Waals surface area (Å²) >= 11 is 1.84. The Hall–Kier alpha value is -1.53. The molecule has 1 saturated heterocycles. The lowest BCUT2D eigenvalue weighted by Crippen LogP contribution is -2.14. The Balaban J connectivity index is 1.93. The van der Waals surface area contributed by atoms with Crippen molar-refractivity contribution in [3.05, 3.63) is 35.9 Å². The summed E-state index contributed by atoms with van der Waals surface area (Å²) in [6, 6.07) is 8.09. The van der Waals surface area contributed by atoms with E-state index in [0.29, 0.717) is 5.92 Å². The zero-order valence-corrected chi connectivity index (χ0v) is 15.3. The second-order valence-electron chi connectivity index (χ2n) is 6.12. The van der Waals surface area contributed by atoms with E-state index in [9.17, 15) is 0 Å². The molecule has 130 valence electrons. The second-order valence-corrected chi connectivity index (χ2v) is 7.10. The van der Waals surface area contributed by atoms with Gasteiger partial charge in [0, 0.05) is 18.1 Å². The molecule has 3 rings (SSSR count). The fraction of sp³-hybridized carbons (Fsp3) is 0.556. The van der Waals surface area contributed by atoms with Crippen molar-refractivity contribution < 1.29 is 4.74 Å². The molecule has 0 amide bonds. The van der Waals surface area contributed by atoms with Crippen LogP contribution < -0.4 is 10.1 Å². The molecule has 1 aliphatic heterocycles. The highest BCUT2D eigenvalue weighted by Gasteiger charge is 2.22. The molecule has 1 atom stereocenters. The molecule has 0 aliphatic carbocycles. The summed E-state index contributed by atoms with van der Waals surface area (Å²) in [4.78, 5) is 4.91. The van der Waals surface area contributed by atoms with Crippen LogP contribution in [-0.4, -0.2) is 47.0 Å². The van der Waals surface area contributed by atoms with Gasteiger partial charge in [-0.3, -0.25) is 0 Å². The van der Waals surface area contributed by atoms with Gasteiger partial charge in [-0.05, 0) is 62.9 Å². The van der Waals surface area contributed by atoms with Crippen LogP contribution in [0.4, 0.5) is 0 Å². The van der Waals surface area contributed by atoms with E-state index < -0.39 is 0 Å². The first-order valence-electron chi connectivity index (χ1n) is 8.61. The largest absolute Gasteiger partial charge is 0.497 e. The van der Waals surface area contributed by atoms with E-state index in [1.54, 1.807) is 7.11 Å². The third-order valence-electron chi connectivity index (χ3n) is 4.46. The Morgan fingerprint density at radius 2 is 2.08 bits per heavy atom. The van der Waals surface area contributed by atoms with E-state index in [0.717, 1.165) is 54.8 Å². The maximum Gasteiger partial charge on any atom is 0.152 e. The highest BCUT2D eigenvalue weighted by Crippen LogP contribution is 2.27. The van der Waals surface area contributed by atoms with Gasteiger partial charge in [0.05, 0.1) is 12.8 Å². The van der Waals surface area contributed by atoms with Crippen molar-refractivity contribution in [3.8, 4) is 11.4 Å². The zero-order valence-electron chi connectivity index (χ0n) is 14.5. The first kappa shape index (κ1) is 17.3. The number of methoxy groups -OCH3 is 1. The molecule has 0 bridgehead atoms. The van der Waals surface area contributed by atoms with Crippen molar-refractivity contribution in [2.45, 2.75) is 31.6 Å². The summed E-state index contributed by atoms with van der Waals surface area (Å²) in [7, 11) is 1.69. The lowest BCUT2D eigenvalue weighted by molar-refractivity contribution is 0.414. The molecule has 2 heterocycles. The van der Waals surface area contributed by atoms with Crippen molar-refractivity contribution in [2.75, 3.05) is 32.2 Å². The molecule has 0 spiro atoms. The van der Waals surface area contributed by atoms with Crippen LogP contribution in [0, 0.1) is 0 Å². The summed E-state index contributed by atoms with van der Waals surface area (Å²) in [6.07, 6.45) is 6.53. The number of hydrogen-bond acceptors (Lipinski definition) is 5. The van der Waals surface area contributed by atoms with E-state index in [1.807, 2.05) is 28.6 Å². The van der Waals surface area contributed by atoms with Crippen molar-refractivity contribution in [2.24, 2.45) is 0 Å². The smallest absolute Gasteiger partial charge is 0.152 e.